The third kappa shape index (κ3) is 6.10. The van der Waals surface area contributed by atoms with Crippen LogP contribution in [0.1, 0.15) is 28.4 Å². The molecule has 0 atom stereocenters. The van der Waals surface area contributed by atoms with Gasteiger partial charge >= 0.3 is 5.97 Å². The van der Waals surface area contributed by atoms with Crippen molar-refractivity contribution in [2.24, 2.45) is 4.99 Å². The Morgan fingerprint density at radius 2 is 1.88 bits per heavy atom. The van der Waals surface area contributed by atoms with E-state index >= 15 is 0 Å². The quantitative estimate of drug-likeness (QED) is 0.305. The van der Waals surface area contributed by atoms with Gasteiger partial charge in [-0.15, -0.1) is 0 Å². The molecule has 0 spiro atoms. The highest BCUT2D eigenvalue weighted by Gasteiger charge is 2.13. The van der Waals surface area contributed by atoms with E-state index in [-0.39, 0.29) is 0 Å². The van der Waals surface area contributed by atoms with Crippen molar-refractivity contribution in [3.63, 3.8) is 0 Å². The lowest BCUT2D eigenvalue weighted by atomic mass is 10.1. The van der Waals surface area contributed by atoms with Crippen LogP contribution in [0.2, 0.25) is 0 Å². The van der Waals surface area contributed by atoms with E-state index in [1.54, 1.807) is 18.3 Å². The number of hydrogen-bond acceptors (Lipinski definition) is 5. The van der Waals surface area contributed by atoms with E-state index in [1.165, 1.54) is 19.8 Å². The van der Waals surface area contributed by atoms with Gasteiger partial charge in [-0.2, -0.15) is 5.10 Å². The molecule has 0 aliphatic rings. The number of nitrogens with one attached hydrogen (secondary N) is 2. The molecule has 0 saturated heterocycles. The predicted octanol–water partition coefficient (Wildman–Crippen LogP) is 2.97. The van der Waals surface area contributed by atoms with Crippen LogP contribution in [0, 0.1) is 0 Å². The molecule has 0 fully saturated rings. The van der Waals surface area contributed by atoms with E-state index in [0.29, 0.717) is 17.9 Å². The van der Waals surface area contributed by atoms with Crippen LogP contribution in [0.25, 0.3) is 5.69 Å². The van der Waals surface area contributed by atoms with E-state index in [0.717, 1.165) is 36.7 Å². The van der Waals surface area contributed by atoms with Crippen LogP contribution in [0.15, 0.2) is 65.9 Å². The Kier molecular flexibility index (Phi) is 8.25. The van der Waals surface area contributed by atoms with Crippen molar-refractivity contribution in [1.29, 1.82) is 0 Å². The molecule has 0 amide bonds. The molecule has 2 aromatic carbocycles. The second kappa shape index (κ2) is 11.5. The van der Waals surface area contributed by atoms with Gasteiger partial charge in [0.05, 0.1) is 26.5 Å². The van der Waals surface area contributed by atoms with Crippen LogP contribution in [-0.2, 0) is 17.7 Å². The van der Waals surface area contributed by atoms with Crippen molar-refractivity contribution >= 4 is 11.9 Å². The maximum Gasteiger partial charge on any atom is 0.341 e. The molecule has 1 aromatic heterocycles. The maximum atomic E-state index is 12.0. The number of aromatic nitrogens is 2. The monoisotopic (exact) mass is 435 g/mol. The summed E-state index contributed by atoms with van der Waals surface area (Å²) in [7, 11) is 2.88. The standard InChI is InChI=1S/C24H29N5O3/c1-4-25-24(27-17-19-8-11-22(31-2)21(16-19)23(30)32-3)26-14-12-18-6-9-20(10-7-18)29-15-5-13-28-29/h5-11,13,15-16H,4,12,14,17H2,1-3H3,(H2,25,26,27). The Balaban J connectivity index is 1.58. The first-order valence-electron chi connectivity index (χ1n) is 10.5. The van der Waals surface area contributed by atoms with Gasteiger partial charge in [0.2, 0.25) is 0 Å². The molecule has 0 bridgehead atoms. The minimum atomic E-state index is -0.434. The van der Waals surface area contributed by atoms with E-state index in [1.807, 2.05) is 29.9 Å². The van der Waals surface area contributed by atoms with Crippen LogP contribution in [0.5, 0.6) is 5.75 Å². The predicted molar refractivity (Wildman–Crippen MR) is 124 cm³/mol. The Morgan fingerprint density at radius 3 is 2.53 bits per heavy atom. The second-order valence-electron chi connectivity index (χ2n) is 7.02. The van der Waals surface area contributed by atoms with Crippen LogP contribution in [0.4, 0.5) is 0 Å². The minimum Gasteiger partial charge on any atom is -0.496 e. The van der Waals surface area contributed by atoms with Crippen molar-refractivity contribution in [1.82, 2.24) is 20.4 Å². The smallest absolute Gasteiger partial charge is 0.341 e. The summed E-state index contributed by atoms with van der Waals surface area (Å²) in [5.74, 6) is 0.764. The molecule has 0 aliphatic heterocycles. The third-order valence-corrected chi connectivity index (χ3v) is 4.84. The fourth-order valence-electron chi connectivity index (χ4n) is 3.20. The summed E-state index contributed by atoms with van der Waals surface area (Å²) in [6.45, 7) is 3.93. The van der Waals surface area contributed by atoms with Crippen molar-refractivity contribution in [3.8, 4) is 11.4 Å². The summed E-state index contributed by atoms with van der Waals surface area (Å²) in [5, 5.41) is 10.9. The van der Waals surface area contributed by atoms with Gasteiger partial charge in [0, 0.05) is 25.5 Å². The van der Waals surface area contributed by atoms with Crippen LogP contribution in [-0.4, -0.2) is 49.0 Å². The Labute approximate surface area is 188 Å². The van der Waals surface area contributed by atoms with Gasteiger partial charge in [-0.3, -0.25) is 0 Å². The molecule has 32 heavy (non-hydrogen) atoms. The van der Waals surface area contributed by atoms with Crippen molar-refractivity contribution in [3.05, 3.63) is 77.6 Å². The summed E-state index contributed by atoms with van der Waals surface area (Å²) in [5.41, 5.74) is 3.53. The second-order valence-corrected chi connectivity index (χ2v) is 7.02. The topological polar surface area (TPSA) is 89.8 Å². The van der Waals surface area contributed by atoms with Crippen molar-refractivity contribution in [2.75, 3.05) is 27.3 Å². The summed E-state index contributed by atoms with van der Waals surface area (Å²) in [4.78, 5) is 16.6. The Bertz CT molecular complexity index is 1030. The number of nitrogens with zero attached hydrogens (tertiary/aromatic N) is 3. The van der Waals surface area contributed by atoms with Crippen molar-refractivity contribution in [2.45, 2.75) is 19.9 Å². The first-order chi connectivity index (χ1) is 15.6. The van der Waals surface area contributed by atoms with Gasteiger partial charge in [0.15, 0.2) is 5.96 Å². The summed E-state index contributed by atoms with van der Waals surface area (Å²) < 4.78 is 11.9. The molecule has 0 saturated carbocycles. The molecule has 0 aliphatic carbocycles. The average molecular weight is 436 g/mol. The van der Waals surface area contributed by atoms with E-state index in [9.17, 15) is 4.79 Å². The van der Waals surface area contributed by atoms with Gasteiger partial charge in [0.25, 0.3) is 0 Å². The van der Waals surface area contributed by atoms with Crippen LogP contribution in [0.3, 0.4) is 0 Å². The molecule has 8 heteroatoms. The molecule has 1 heterocycles. The molecule has 8 nitrogen and oxygen atoms in total. The average Bonchev–Trinajstić information content (AvgIpc) is 3.37. The number of benzene rings is 2. The molecule has 3 rings (SSSR count). The molecule has 168 valence electrons. The fraction of sp³-hybridized carbons (Fsp3) is 0.292. The number of esters is 1. The maximum absolute atomic E-state index is 12.0. The highest BCUT2D eigenvalue weighted by atomic mass is 16.5. The first-order valence-corrected chi connectivity index (χ1v) is 10.5. The number of rotatable bonds is 9. The van der Waals surface area contributed by atoms with Gasteiger partial charge in [-0.25, -0.2) is 14.5 Å². The zero-order chi connectivity index (χ0) is 22.8. The summed E-state index contributed by atoms with van der Waals surface area (Å²) >= 11 is 0. The number of aliphatic imine (C=N–C) groups is 1. The number of methoxy groups -OCH3 is 2. The van der Waals surface area contributed by atoms with Gasteiger partial charge in [-0.1, -0.05) is 18.2 Å². The molecule has 2 N–H and O–H groups in total. The van der Waals surface area contributed by atoms with Crippen molar-refractivity contribution < 1.29 is 14.3 Å². The highest BCUT2D eigenvalue weighted by molar-refractivity contribution is 5.92. The van der Waals surface area contributed by atoms with E-state index in [4.69, 9.17) is 9.47 Å². The highest BCUT2D eigenvalue weighted by Crippen LogP contribution is 2.21. The van der Waals surface area contributed by atoms with Gasteiger partial charge in [-0.05, 0) is 54.8 Å². The summed E-state index contributed by atoms with van der Waals surface area (Å²) in [6, 6.07) is 15.6. The van der Waals surface area contributed by atoms with Gasteiger partial charge in [0.1, 0.15) is 11.3 Å². The Morgan fingerprint density at radius 1 is 1.09 bits per heavy atom. The number of carbonyl (C=O) groups excluding carboxylic acids is 1. The SMILES string of the molecule is CCNC(=NCc1ccc(OC)c(C(=O)OC)c1)NCCc1ccc(-n2cccn2)cc1. The number of hydrogen-bond donors (Lipinski definition) is 2. The van der Waals surface area contributed by atoms with Gasteiger partial charge < -0.3 is 20.1 Å². The lowest BCUT2D eigenvalue weighted by molar-refractivity contribution is 0.0597. The lowest BCUT2D eigenvalue weighted by Gasteiger charge is -2.12. The Hall–Kier alpha value is -3.81. The number of carbonyl (C=O) groups is 1. The molecular weight excluding hydrogens is 406 g/mol. The largest absolute Gasteiger partial charge is 0.496 e. The lowest BCUT2D eigenvalue weighted by Crippen LogP contribution is -2.38. The van der Waals surface area contributed by atoms with E-state index in [2.05, 4.69) is 45.0 Å². The molecular formula is C24H29N5O3. The van der Waals surface area contributed by atoms with Crippen LogP contribution < -0.4 is 15.4 Å². The molecule has 0 unspecified atom stereocenters. The number of guanidine groups is 1. The molecule has 0 radical (unpaired) electrons. The fourth-order valence-corrected chi connectivity index (χ4v) is 3.20. The minimum absolute atomic E-state index is 0.388. The van der Waals surface area contributed by atoms with E-state index < -0.39 is 5.97 Å². The normalized spacial score (nSPS) is 11.2. The van der Waals surface area contributed by atoms with Crippen LogP contribution >= 0.6 is 0 Å². The summed E-state index contributed by atoms with van der Waals surface area (Å²) in [6.07, 6.45) is 4.55. The molecule has 3 aromatic rings. The number of ether oxygens (including phenoxy) is 2. The third-order valence-electron chi connectivity index (χ3n) is 4.84. The zero-order valence-corrected chi connectivity index (χ0v) is 18.7. The first kappa shape index (κ1) is 22.9. The zero-order valence-electron chi connectivity index (χ0n) is 18.7.